The molecular weight excluding hydrogens is 274 g/mol. The molecule has 0 radical (unpaired) electrons. The number of rotatable bonds is 9. The summed E-state index contributed by atoms with van der Waals surface area (Å²) in [5.41, 5.74) is 0. The van der Waals surface area contributed by atoms with Crippen LogP contribution in [0.5, 0.6) is 0 Å². The van der Waals surface area contributed by atoms with Crippen LogP contribution < -0.4 is 5.32 Å². The fourth-order valence-corrected chi connectivity index (χ4v) is 1.74. The molecule has 0 saturated carbocycles. The smallest absolute Gasteiger partial charge is 0.319 e. The summed E-state index contributed by atoms with van der Waals surface area (Å²) in [6.07, 6.45) is 0. The predicted octanol–water partition coefficient (Wildman–Crippen LogP) is -0.146. The standard InChI is InChI=1S/C14H27N3O4/c1-6-16(10-14(20)21-5)9-13(19)17(7-2)8-12(18)15-11(3)4/h11H,6-10H2,1-5H3,(H,15,18). The van der Waals surface area contributed by atoms with Gasteiger partial charge in [-0.2, -0.15) is 0 Å². The maximum absolute atomic E-state index is 12.2. The van der Waals surface area contributed by atoms with Crippen molar-refractivity contribution >= 4 is 17.8 Å². The van der Waals surface area contributed by atoms with Gasteiger partial charge in [-0.3, -0.25) is 19.3 Å². The monoisotopic (exact) mass is 301 g/mol. The number of nitrogens with one attached hydrogen (secondary N) is 1. The fraction of sp³-hybridized carbons (Fsp3) is 0.786. The highest BCUT2D eigenvalue weighted by Crippen LogP contribution is 1.96. The highest BCUT2D eigenvalue weighted by Gasteiger charge is 2.19. The lowest BCUT2D eigenvalue weighted by atomic mass is 10.3. The van der Waals surface area contributed by atoms with Crippen molar-refractivity contribution in [2.24, 2.45) is 0 Å². The molecule has 0 aliphatic rings. The van der Waals surface area contributed by atoms with Gasteiger partial charge in [-0.15, -0.1) is 0 Å². The summed E-state index contributed by atoms with van der Waals surface area (Å²) in [4.78, 5) is 38.3. The first-order valence-corrected chi connectivity index (χ1v) is 7.20. The largest absolute Gasteiger partial charge is 0.468 e. The van der Waals surface area contributed by atoms with Gasteiger partial charge in [0, 0.05) is 12.6 Å². The Kier molecular flexibility index (Phi) is 9.36. The van der Waals surface area contributed by atoms with Crippen molar-refractivity contribution in [2.45, 2.75) is 33.7 Å². The van der Waals surface area contributed by atoms with Crippen LogP contribution in [0, 0.1) is 0 Å². The van der Waals surface area contributed by atoms with Crippen molar-refractivity contribution in [3.8, 4) is 0 Å². The Balaban J connectivity index is 4.49. The maximum Gasteiger partial charge on any atom is 0.319 e. The molecule has 0 aromatic heterocycles. The Morgan fingerprint density at radius 1 is 1.05 bits per heavy atom. The van der Waals surface area contributed by atoms with Gasteiger partial charge >= 0.3 is 5.97 Å². The molecule has 0 aliphatic heterocycles. The summed E-state index contributed by atoms with van der Waals surface area (Å²) >= 11 is 0. The molecular formula is C14H27N3O4. The number of ether oxygens (including phenoxy) is 1. The number of carbonyl (C=O) groups excluding carboxylic acids is 3. The minimum absolute atomic E-state index is 0.0310. The summed E-state index contributed by atoms with van der Waals surface area (Å²) in [7, 11) is 1.31. The summed E-state index contributed by atoms with van der Waals surface area (Å²) in [6.45, 7) is 8.59. The van der Waals surface area contributed by atoms with E-state index >= 15 is 0 Å². The van der Waals surface area contributed by atoms with Crippen LogP contribution in [-0.4, -0.2) is 73.5 Å². The Hall–Kier alpha value is -1.63. The molecule has 0 heterocycles. The molecule has 2 amide bonds. The maximum atomic E-state index is 12.2. The van der Waals surface area contributed by atoms with E-state index in [9.17, 15) is 14.4 Å². The third kappa shape index (κ3) is 8.29. The van der Waals surface area contributed by atoms with Gasteiger partial charge in [0.2, 0.25) is 11.8 Å². The lowest BCUT2D eigenvalue weighted by molar-refractivity contribution is -0.143. The van der Waals surface area contributed by atoms with Gasteiger partial charge in [-0.05, 0) is 27.3 Å². The van der Waals surface area contributed by atoms with E-state index in [4.69, 9.17) is 0 Å². The van der Waals surface area contributed by atoms with Crippen molar-refractivity contribution in [1.82, 2.24) is 15.1 Å². The van der Waals surface area contributed by atoms with E-state index in [2.05, 4.69) is 10.1 Å². The van der Waals surface area contributed by atoms with Crippen LogP contribution in [0.1, 0.15) is 27.7 Å². The minimum atomic E-state index is -0.384. The van der Waals surface area contributed by atoms with Crippen LogP contribution in [0.4, 0.5) is 0 Å². The Labute approximate surface area is 126 Å². The fourth-order valence-electron chi connectivity index (χ4n) is 1.74. The van der Waals surface area contributed by atoms with Gasteiger partial charge in [-0.1, -0.05) is 6.92 Å². The molecule has 0 aromatic carbocycles. The first-order valence-electron chi connectivity index (χ1n) is 7.20. The number of nitrogens with zero attached hydrogens (tertiary/aromatic N) is 2. The van der Waals surface area contributed by atoms with E-state index in [1.54, 1.807) is 4.90 Å². The van der Waals surface area contributed by atoms with Crippen LogP contribution in [0.15, 0.2) is 0 Å². The number of esters is 1. The van der Waals surface area contributed by atoms with Crippen molar-refractivity contribution < 1.29 is 19.1 Å². The molecule has 21 heavy (non-hydrogen) atoms. The molecule has 1 N–H and O–H groups in total. The molecule has 122 valence electrons. The van der Waals surface area contributed by atoms with E-state index in [0.717, 1.165) is 0 Å². The molecule has 0 atom stereocenters. The number of hydrogen-bond acceptors (Lipinski definition) is 5. The van der Waals surface area contributed by atoms with Crippen LogP contribution in [0.3, 0.4) is 0 Å². The van der Waals surface area contributed by atoms with Gasteiger partial charge in [0.25, 0.3) is 0 Å². The summed E-state index contributed by atoms with van der Waals surface area (Å²) in [5.74, 6) is -0.747. The Morgan fingerprint density at radius 3 is 2.10 bits per heavy atom. The molecule has 0 saturated heterocycles. The Morgan fingerprint density at radius 2 is 1.67 bits per heavy atom. The number of likely N-dealkylation sites (N-methyl/N-ethyl adjacent to an activating group) is 2. The highest BCUT2D eigenvalue weighted by molar-refractivity contribution is 5.86. The molecule has 0 aliphatic carbocycles. The lowest BCUT2D eigenvalue weighted by Crippen LogP contribution is -2.47. The molecule has 7 nitrogen and oxygen atoms in total. The zero-order valence-electron chi connectivity index (χ0n) is 13.6. The Bertz CT molecular complexity index is 358. The zero-order chi connectivity index (χ0) is 16.4. The summed E-state index contributed by atoms with van der Waals surface area (Å²) in [6, 6.07) is 0.0396. The summed E-state index contributed by atoms with van der Waals surface area (Å²) in [5, 5.41) is 2.75. The minimum Gasteiger partial charge on any atom is -0.468 e. The average molecular weight is 301 g/mol. The second kappa shape index (κ2) is 10.1. The van der Waals surface area contributed by atoms with Gasteiger partial charge in [0.1, 0.15) is 0 Å². The van der Waals surface area contributed by atoms with Crippen LogP contribution in [0.2, 0.25) is 0 Å². The highest BCUT2D eigenvalue weighted by atomic mass is 16.5. The second-order valence-electron chi connectivity index (χ2n) is 5.01. The topological polar surface area (TPSA) is 79.0 Å². The van der Waals surface area contributed by atoms with E-state index in [1.807, 2.05) is 27.7 Å². The van der Waals surface area contributed by atoms with Crippen LogP contribution >= 0.6 is 0 Å². The number of amides is 2. The lowest BCUT2D eigenvalue weighted by Gasteiger charge is -2.25. The van der Waals surface area contributed by atoms with Gasteiger partial charge in [0.05, 0.1) is 26.7 Å². The molecule has 7 heteroatoms. The van der Waals surface area contributed by atoms with Crippen molar-refractivity contribution in [3.63, 3.8) is 0 Å². The van der Waals surface area contributed by atoms with Crippen molar-refractivity contribution in [3.05, 3.63) is 0 Å². The van der Waals surface area contributed by atoms with Crippen molar-refractivity contribution in [1.29, 1.82) is 0 Å². The molecule has 0 fully saturated rings. The number of methoxy groups -OCH3 is 1. The van der Waals surface area contributed by atoms with E-state index in [1.165, 1.54) is 12.0 Å². The normalized spacial score (nSPS) is 10.6. The third-order valence-corrected chi connectivity index (χ3v) is 2.91. The molecule has 0 spiro atoms. The summed E-state index contributed by atoms with van der Waals surface area (Å²) < 4.78 is 4.59. The molecule has 0 bridgehead atoms. The van der Waals surface area contributed by atoms with Crippen molar-refractivity contribution in [2.75, 3.05) is 39.8 Å². The first kappa shape index (κ1) is 19.4. The van der Waals surface area contributed by atoms with E-state index in [0.29, 0.717) is 13.1 Å². The van der Waals surface area contributed by atoms with Gasteiger partial charge < -0.3 is 15.0 Å². The molecule has 0 aromatic rings. The zero-order valence-corrected chi connectivity index (χ0v) is 13.6. The predicted molar refractivity (Wildman–Crippen MR) is 79.7 cm³/mol. The SMILES string of the molecule is CCN(CC(=O)OC)CC(=O)N(CC)CC(=O)NC(C)C. The van der Waals surface area contributed by atoms with Crippen LogP contribution in [0.25, 0.3) is 0 Å². The molecule has 0 unspecified atom stereocenters. The number of carbonyl (C=O) groups is 3. The van der Waals surface area contributed by atoms with E-state index < -0.39 is 0 Å². The van der Waals surface area contributed by atoms with Gasteiger partial charge in [0.15, 0.2) is 0 Å². The van der Waals surface area contributed by atoms with Crippen LogP contribution in [-0.2, 0) is 19.1 Å². The first-order chi connectivity index (χ1) is 9.83. The van der Waals surface area contributed by atoms with Gasteiger partial charge in [-0.25, -0.2) is 0 Å². The second-order valence-corrected chi connectivity index (χ2v) is 5.01. The number of hydrogen-bond donors (Lipinski definition) is 1. The average Bonchev–Trinajstić information content (AvgIpc) is 2.42. The van der Waals surface area contributed by atoms with E-state index in [-0.39, 0.29) is 43.5 Å². The third-order valence-electron chi connectivity index (χ3n) is 2.91. The molecule has 0 rings (SSSR count). The quantitative estimate of drug-likeness (QED) is 0.599.